The van der Waals surface area contributed by atoms with Gasteiger partial charge in [-0.05, 0) is 23.3 Å². The third-order valence-electron chi connectivity index (χ3n) is 2.64. The summed E-state index contributed by atoms with van der Waals surface area (Å²) in [6, 6.07) is 8.13. The van der Waals surface area contributed by atoms with E-state index in [1.807, 2.05) is 12.1 Å². The highest BCUT2D eigenvalue weighted by molar-refractivity contribution is 5.33. The molecule has 0 saturated carbocycles. The van der Waals surface area contributed by atoms with Gasteiger partial charge in [0.25, 0.3) is 0 Å². The molecular formula is C11H15N5. The van der Waals surface area contributed by atoms with Gasteiger partial charge in [-0.15, -0.1) is 10.2 Å². The molecule has 2 rings (SSSR count). The fourth-order valence-corrected chi connectivity index (χ4v) is 1.79. The van der Waals surface area contributed by atoms with Crippen molar-refractivity contribution >= 4 is 0 Å². The predicted molar refractivity (Wildman–Crippen MR) is 60.9 cm³/mol. The lowest BCUT2D eigenvalue weighted by atomic mass is 9.94. The zero-order chi connectivity index (χ0) is 11.5. The van der Waals surface area contributed by atoms with E-state index < -0.39 is 0 Å². The second-order valence-corrected chi connectivity index (χ2v) is 3.78. The van der Waals surface area contributed by atoms with E-state index in [0.29, 0.717) is 12.4 Å². The minimum absolute atomic E-state index is 0.0231. The van der Waals surface area contributed by atoms with Crippen molar-refractivity contribution in [2.45, 2.75) is 12.8 Å². The summed E-state index contributed by atoms with van der Waals surface area (Å²) in [7, 11) is 1.75. The van der Waals surface area contributed by atoms with Crippen molar-refractivity contribution in [3.8, 4) is 0 Å². The lowest BCUT2D eigenvalue weighted by molar-refractivity contribution is 0.624. The van der Waals surface area contributed by atoms with Gasteiger partial charge < -0.3 is 5.73 Å². The number of aromatic nitrogens is 4. The molecule has 0 saturated heterocycles. The molecule has 84 valence electrons. The Bertz CT molecular complexity index is 477. The van der Waals surface area contributed by atoms with Crippen LogP contribution in [0, 0.1) is 6.92 Å². The van der Waals surface area contributed by atoms with Crippen LogP contribution in [0.2, 0.25) is 0 Å². The molecule has 16 heavy (non-hydrogen) atoms. The summed E-state index contributed by atoms with van der Waals surface area (Å²) in [4.78, 5) is 1.45. The molecule has 1 unspecified atom stereocenters. The molecule has 0 aliphatic heterocycles. The van der Waals surface area contributed by atoms with Crippen LogP contribution in [0.15, 0.2) is 24.3 Å². The summed E-state index contributed by atoms with van der Waals surface area (Å²) in [5, 5.41) is 12.1. The molecular weight excluding hydrogens is 202 g/mol. The lowest BCUT2D eigenvalue weighted by Crippen LogP contribution is -2.16. The Morgan fingerprint density at radius 2 is 2.12 bits per heavy atom. The van der Waals surface area contributed by atoms with Gasteiger partial charge in [0.15, 0.2) is 5.82 Å². The van der Waals surface area contributed by atoms with Crippen LogP contribution in [-0.4, -0.2) is 26.8 Å². The lowest BCUT2D eigenvalue weighted by Gasteiger charge is -2.13. The Morgan fingerprint density at radius 3 is 2.69 bits per heavy atom. The number of nitrogens with two attached hydrogens (primary N) is 1. The number of aryl methyl sites for hydroxylation is 2. The minimum Gasteiger partial charge on any atom is -0.329 e. The molecule has 0 aliphatic carbocycles. The molecule has 1 aromatic carbocycles. The van der Waals surface area contributed by atoms with Crippen molar-refractivity contribution in [3.63, 3.8) is 0 Å². The van der Waals surface area contributed by atoms with Crippen molar-refractivity contribution in [1.82, 2.24) is 20.2 Å². The average Bonchev–Trinajstić information content (AvgIpc) is 2.69. The minimum atomic E-state index is 0.0231. The van der Waals surface area contributed by atoms with Crippen molar-refractivity contribution < 1.29 is 0 Å². The average molecular weight is 217 g/mol. The summed E-state index contributed by atoms with van der Waals surface area (Å²) in [6.07, 6.45) is 0. The summed E-state index contributed by atoms with van der Waals surface area (Å²) in [5.74, 6) is 0.703. The maximum atomic E-state index is 5.80. The van der Waals surface area contributed by atoms with Crippen LogP contribution in [0.3, 0.4) is 0 Å². The number of hydrogen-bond donors (Lipinski definition) is 1. The van der Waals surface area contributed by atoms with Crippen LogP contribution >= 0.6 is 0 Å². The SMILES string of the molecule is Cc1ccccc1C(CN)c1nnn(C)n1. The van der Waals surface area contributed by atoms with Crippen LogP contribution in [0.5, 0.6) is 0 Å². The van der Waals surface area contributed by atoms with Gasteiger partial charge in [-0.25, -0.2) is 0 Å². The van der Waals surface area contributed by atoms with E-state index in [9.17, 15) is 0 Å². The fraction of sp³-hybridized carbons (Fsp3) is 0.364. The molecule has 0 radical (unpaired) electrons. The second-order valence-electron chi connectivity index (χ2n) is 3.78. The van der Waals surface area contributed by atoms with Gasteiger partial charge in [0.1, 0.15) is 0 Å². The topological polar surface area (TPSA) is 69.6 Å². The van der Waals surface area contributed by atoms with E-state index >= 15 is 0 Å². The standard InChI is InChI=1S/C11H15N5/c1-8-5-3-4-6-9(8)10(7-12)11-13-15-16(2)14-11/h3-6,10H,7,12H2,1-2H3. The Morgan fingerprint density at radius 1 is 1.38 bits per heavy atom. The number of hydrogen-bond acceptors (Lipinski definition) is 4. The Hall–Kier alpha value is -1.75. The molecule has 0 amide bonds. The van der Waals surface area contributed by atoms with Crippen molar-refractivity contribution in [3.05, 3.63) is 41.2 Å². The predicted octanol–water partition coefficient (Wildman–Crippen LogP) is 0.609. The fourth-order valence-electron chi connectivity index (χ4n) is 1.79. The number of nitrogens with zero attached hydrogens (tertiary/aromatic N) is 4. The second kappa shape index (κ2) is 4.40. The van der Waals surface area contributed by atoms with E-state index in [0.717, 1.165) is 5.56 Å². The van der Waals surface area contributed by atoms with Gasteiger partial charge >= 0.3 is 0 Å². The summed E-state index contributed by atoms with van der Waals surface area (Å²) >= 11 is 0. The van der Waals surface area contributed by atoms with E-state index in [2.05, 4.69) is 34.5 Å². The molecule has 0 fully saturated rings. The van der Waals surface area contributed by atoms with Gasteiger partial charge in [-0.1, -0.05) is 24.3 Å². The smallest absolute Gasteiger partial charge is 0.183 e. The molecule has 2 N–H and O–H groups in total. The Labute approximate surface area is 94.3 Å². The summed E-state index contributed by atoms with van der Waals surface area (Å²) in [5.41, 5.74) is 8.16. The third-order valence-corrected chi connectivity index (χ3v) is 2.64. The molecule has 5 nitrogen and oxygen atoms in total. The van der Waals surface area contributed by atoms with Crippen molar-refractivity contribution in [1.29, 1.82) is 0 Å². The van der Waals surface area contributed by atoms with Crippen LogP contribution in [0.1, 0.15) is 22.9 Å². The first kappa shape index (κ1) is 10.8. The normalized spacial score (nSPS) is 12.7. The Balaban J connectivity index is 2.40. The highest BCUT2D eigenvalue weighted by Gasteiger charge is 2.18. The van der Waals surface area contributed by atoms with E-state index in [1.165, 1.54) is 10.4 Å². The van der Waals surface area contributed by atoms with Crippen molar-refractivity contribution in [2.24, 2.45) is 12.8 Å². The van der Waals surface area contributed by atoms with Crippen LogP contribution in [0.4, 0.5) is 0 Å². The number of tetrazole rings is 1. The van der Waals surface area contributed by atoms with Gasteiger partial charge in [-0.2, -0.15) is 4.80 Å². The molecule has 0 spiro atoms. The molecule has 0 bridgehead atoms. The molecule has 0 aliphatic rings. The highest BCUT2D eigenvalue weighted by atomic mass is 15.6. The maximum absolute atomic E-state index is 5.80. The van der Waals surface area contributed by atoms with Crippen LogP contribution < -0.4 is 5.73 Å². The first-order valence-corrected chi connectivity index (χ1v) is 5.22. The van der Waals surface area contributed by atoms with E-state index in [1.54, 1.807) is 7.05 Å². The van der Waals surface area contributed by atoms with Gasteiger partial charge in [0.2, 0.25) is 0 Å². The monoisotopic (exact) mass is 217 g/mol. The summed E-state index contributed by atoms with van der Waals surface area (Å²) < 4.78 is 0. The van der Waals surface area contributed by atoms with Gasteiger partial charge in [-0.3, -0.25) is 0 Å². The van der Waals surface area contributed by atoms with Crippen LogP contribution in [0.25, 0.3) is 0 Å². The molecule has 1 aromatic heterocycles. The van der Waals surface area contributed by atoms with Gasteiger partial charge in [0, 0.05) is 6.54 Å². The zero-order valence-corrected chi connectivity index (χ0v) is 9.46. The first-order chi connectivity index (χ1) is 7.72. The molecule has 2 aromatic rings. The van der Waals surface area contributed by atoms with E-state index in [4.69, 9.17) is 5.73 Å². The molecule has 1 heterocycles. The van der Waals surface area contributed by atoms with Gasteiger partial charge in [0.05, 0.1) is 13.0 Å². The quantitative estimate of drug-likeness (QED) is 0.817. The Kier molecular flexibility index (Phi) is 2.96. The number of benzene rings is 1. The molecule has 5 heteroatoms. The maximum Gasteiger partial charge on any atom is 0.183 e. The third kappa shape index (κ3) is 1.94. The van der Waals surface area contributed by atoms with Crippen LogP contribution in [-0.2, 0) is 7.05 Å². The van der Waals surface area contributed by atoms with Crippen molar-refractivity contribution in [2.75, 3.05) is 6.54 Å². The molecule has 1 atom stereocenters. The highest BCUT2D eigenvalue weighted by Crippen LogP contribution is 2.22. The summed E-state index contributed by atoms with van der Waals surface area (Å²) in [6.45, 7) is 2.55. The zero-order valence-electron chi connectivity index (χ0n) is 9.46. The largest absolute Gasteiger partial charge is 0.329 e. The first-order valence-electron chi connectivity index (χ1n) is 5.22. The van der Waals surface area contributed by atoms with E-state index in [-0.39, 0.29) is 5.92 Å². The number of rotatable bonds is 3.